The van der Waals surface area contributed by atoms with Crippen molar-refractivity contribution in [2.75, 3.05) is 18.8 Å². The molecule has 1 amide bonds. The number of halogens is 3. The molecule has 0 unspecified atom stereocenters. The highest BCUT2D eigenvalue weighted by atomic mass is 19.4. The van der Waals surface area contributed by atoms with Crippen molar-refractivity contribution in [3.63, 3.8) is 0 Å². The number of benzene rings is 1. The average Bonchev–Trinajstić information content (AvgIpc) is 2.28. The lowest BCUT2D eigenvalue weighted by atomic mass is 10.1. The van der Waals surface area contributed by atoms with E-state index in [1.807, 2.05) is 0 Å². The van der Waals surface area contributed by atoms with Crippen LogP contribution in [-0.4, -0.2) is 23.9 Å². The minimum absolute atomic E-state index is 0.171. The number of alkyl halides is 3. The van der Waals surface area contributed by atoms with Crippen molar-refractivity contribution in [3.8, 4) is 0 Å². The molecule has 1 rings (SSSR count). The highest BCUT2D eigenvalue weighted by molar-refractivity contribution is 5.95. The second-order valence-electron chi connectivity index (χ2n) is 3.78. The predicted molar refractivity (Wildman–Crippen MR) is 63.1 cm³/mol. The molecule has 0 saturated heterocycles. The summed E-state index contributed by atoms with van der Waals surface area (Å²) in [6.07, 6.45) is -4.50. The van der Waals surface area contributed by atoms with Gasteiger partial charge < -0.3 is 10.6 Å². The van der Waals surface area contributed by atoms with E-state index in [0.29, 0.717) is 13.1 Å². The van der Waals surface area contributed by atoms with Gasteiger partial charge in [-0.25, -0.2) is 0 Å². The molecule has 0 fully saturated rings. The van der Waals surface area contributed by atoms with E-state index in [1.54, 1.807) is 13.8 Å². The van der Waals surface area contributed by atoms with Crippen LogP contribution >= 0.6 is 0 Å². The molecule has 6 heteroatoms. The number of amides is 1. The van der Waals surface area contributed by atoms with Crippen molar-refractivity contribution in [3.05, 3.63) is 29.3 Å². The minimum atomic E-state index is -4.50. The first-order chi connectivity index (χ1) is 8.31. The molecule has 0 bridgehead atoms. The number of carbonyl (C=O) groups excluding carboxylic acids is 1. The maximum absolute atomic E-state index is 12.5. The second-order valence-corrected chi connectivity index (χ2v) is 3.78. The molecule has 2 N–H and O–H groups in total. The molecule has 0 aliphatic carbocycles. The van der Waals surface area contributed by atoms with Crippen LogP contribution in [0.5, 0.6) is 0 Å². The van der Waals surface area contributed by atoms with Crippen molar-refractivity contribution in [1.29, 1.82) is 0 Å². The summed E-state index contributed by atoms with van der Waals surface area (Å²) < 4.78 is 37.5. The summed E-state index contributed by atoms with van der Waals surface area (Å²) in [6, 6.07) is 3.06. The summed E-state index contributed by atoms with van der Waals surface area (Å²) in [5, 5.41) is 0. The first-order valence-corrected chi connectivity index (χ1v) is 5.57. The summed E-state index contributed by atoms with van der Waals surface area (Å²) >= 11 is 0. The molecule has 3 nitrogen and oxygen atoms in total. The Labute approximate surface area is 103 Å². The molecule has 1 aromatic carbocycles. The topological polar surface area (TPSA) is 46.3 Å². The van der Waals surface area contributed by atoms with Gasteiger partial charge >= 0.3 is 6.18 Å². The van der Waals surface area contributed by atoms with Crippen molar-refractivity contribution in [2.24, 2.45) is 0 Å². The summed E-state index contributed by atoms with van der Waals surface area (Å²) in [5.41, 5.74) is 4.16. The predicted octanol–water partition coefficient (Wildman–Crippen LogP) is 2.77. The number of nitrogens with two attached hydrogens (primary N) is 1. The van der Waals surface area contributed by atoms with E-state index in [1.165, 1.54) is 4.90 Å². The molecular formula is C12H15F3N2O. The maximum atomic E-state index is 12.5. The minimum Gasteiger partial charge on any atom is -0.398 e. The van der Waals surface area contributed by atoms with Crippen LogP contribution in [0, 0.1) is 0 Å². The Balaban J connectivity index is 3.08. The molecule has 0 heterocycles. The Morgan fingerprint density at radius 2 is 1.83 bits per heavy atom. The second kappa shape index (κ2) is 5.29. The zero-order valence-electron chi connectivity index (χ0n) is 10.2. The Hall–Kier alpha value is -1.72. The fourth-order valence-corrected chi connectivity index (χ4v) is 1.65. The van der Waals surface area contributed by atoms with E-state index in [-0.39, 0.29) is 11.5 Å². The molecule has 1 aromatic rings. The molecule has 0 radical (unpaired) electrons. The molecule has 0 aromatic heterocycles. The zero-order valence-corrected chi connectivity index (χ0v) is 10.2. The standard InChI is InChI=1S/C12H15F3N2O/c1-3-17(4-2)11(18)8-5-6-9(10(16)7-8)12(13,14)15/h5-7H,3-4,16H2,1-2H3. The Morgan fingerprint density at radius 1 is 1.28 bits per heavy atom. The zero-order chi connectivity index (χ0) is 13.9. The van der Waals surface area contributed by atoms with Gasteiger partial charge in [0.2, 0.25) is 0 Å². The molecule has 0 aliphatic rings. The van der Waals surface area contributed by atoms with Gasteiger partial charge in [-0.3, -0.25) is 4.79 Å². The van der Waals surface area contributed by atoms with Gasteiger partial charge in [-0.05, 0) is 32.0 Å². The Kier molecular flexibility index (Phi) is 4.21. The molecule has 0 atom stereocenters. The van der Waals surface area contributed by atoms with Crippen LogP contribution in [0.25, 0.3) is 0 Å². The van der Waals surface area contributed by atoms with Gasteiger partial charge in [0, 0.05) is 24.3 Å². The van der Waals surface area contributed by atoms with Crippen molar-refractivity contribution in [2.45, 2.75) is 20.0 Å². The van der Waals surface area contributed by atoms with Gasteiger partial charge in [0.25, 0.3) is 5.91 Å². The third-order valence-electron chi connectivity index (χ3n) is 2.65. The third-order valence-corrected chi connectivity index (χ3v) is 2.65. The summed E-state index contributed by atoms with van der Waals surface area (Å²) in [7, 11) is 0. The number of rotatable bonds is 3. The van der Waals surface area contributed by atoms with Crippen molar-refractivity contribution < 1.29 is 18.0 Å². The number of hydrogen-bond donors (Lipinski definition) is 1. The van der Waals surface area contributed by atoms with Gasteiger partial charge in [-0.2, -0.15) is 13.2 Å². The Morgan fingerprint density at radius 3 is 2.22 bits per heavy atom. The lowest BCUT2D eigenvalue weighted by Gasteiger charge is -2.19. The van der Waals surface area contributed by atoms with Crippen molar-refractivity contribution >= 4 is 11.6 Å². The molecule has 100 valence electrons. The highest BCUT2D eigenvalue weighted by Crippen LogP contribution is 2.33. The third kappa shape index (κ3) is 2.94. The summed E-state index contributed by atoms with van der Waals surface area (Å²) in [5.74, 6) is -0.319. The first kappa shape index (κ1) is 14.3. The van der Waals surface area contributed by atoms with Crippen LogP contribution in [0.15, 0.2) is 18.2 Å². The summed E-state index contributed by atoms with van der Waals surface area (Å²) in [4.78, 5) is 13.4. The van der Waals surface area contributed by atoms with E-state index in [9.17, 15) is 18.0 Å². The van der Waals surface area contributed by atoms with E-state index in [2.05, 4.69) is 0 Å². The Bertz CT molecular complexity index is 439. The highest BCUT2D eigenvalue weighted by Gasteiger charge is 2.33. The first-order valence-electron chi connectivity index (χ1n) is 5.57. The largest absolute Gasteiger partial charge is 0.418 e. The molecule has 0 saturated carbocycles. The van der Waals surface area contributed by atoms with Gasteiger partial charge in [-0.1, -0.05) is 0 Å². The number of anilines is 1. The van der Waals surface area contributed by atoms with Crippen LogP contribution in [-0.2, 0) is 6.18 Å². The number of nitrogen functional groups attached to an aromatic ring is 1. The SMILES string of the molecule is CCN(CC)C(=O)c1ccc(C(F)(F)F)c(N)c1. The molecular weight excluding hydrogens is 245 g/mol. The molecule has 0 spiro atoms. The van der Waals surface area contributed by atoms with Crippen LogP contribution in [0.3, 0.4) is 0 Å². The van der Waals surface area contributed by atoms with Gasteiger partial charge in [0.05, 0.1) is 5.56 Å². The van der Waals surface area contributed by atoms with Crippen LogP contribution in [0.1, 0.15) is 29.8 Å². The normalized spacial score (nSPS) is 11.4. The average molecular weight is 260 g/mol. The van der Waals surface area contributed by atoms with Crippen molar-refractivity contribution in [1.82, 2.24) is 4.90 Å². The molecule has 0 aliphatic heterocycles. The van der Waals surface area contributed by atoms with E-state index >= 15 is 0 Å². The van der Waals surface area contributed by atoms with Crippen LogP contribution in [0.4, 0.5) is 18.9 Å². The van der Waals surface area contributed by atoms with E-state index in [4.69, 9.17) is 5.73 Å². The number of hydrogen-bond acceptors (Lipinski definition) is 2. The van der Waals surface area contributed by atoms with Gasteiger partial charge in [0.15, 0.2) is 0 Å². The maximum Gasteiger partial charge on any atom is 0.418 e. The smallest absolute Gasteiger partial charge is 0.398 e. The monoisotopic (exact) mass is 260 g/mol. The van der Waals surface area contributed by atoms with E-state index < -0.39 is 17.4 Å². The fraction of sp³-hybridized carbons (Fsp3) is 0.417. The lowest BCUT2D eigenvalue weighted by molar-refractivity contribution is -0.136. The number of nitrogens with zero attached hydrogens (tertiary/aromatic N) is 1. The van der Waals surface area contributed by atoms with Gasteiger partial charge in [0.1, 0.15) is 0 Å². The van der Waals surface area contributed by atoms with Gasteiger partial charge in [-0.15, -0.1) is 0 Å². The van der Waals surface area contributed by atoms with Crippen LogP contribution < -0.4 is 5.73 Å². The lowest BCUT2D eigenvalue weighted by Crippen LogP contribution is -2.30. The quantitative estimate of drug-likeness (QED) is 0.849. The number of carbonyl (C=O) groups is 1. The van der Waals surface area contributed by atoms with Crippen LogP contribution in [0.2, 0.25) is 0 Å². The fourth-order valence-electron chi connectivity index (χ4n) is 1.65. The summed E-state index contributed by atoms with van der Waals surface area (Å²) in [6.45, 7) is 4.59. The molecule has 18 heavy (non-hydrogen) atoms. The van der Waals surface area contributed by atoms with E-state index in [0.717, 1.165) is 18.2 Å².